The maximum Gasteiger partial charge on any atom is 0.240 e. The van der Waals surface area contributed by atoms with Crippen molar-refractivity contribution in [3.05, 3.63) is 59.7 Å². The van der Waals surface area contributed by atoms with Gasteiger partial charge < -0.3 is 9.84 Å². The monoisotopic (exact) mass is 349 g/mol. The number of benzene rings is 2. The fourth-order valence-electron chi connectivity index (χ4n) is 2.15. The molecule has 5 nitrogen and oxygen atoms in total. The third-order valence-corrected chi connectivity index (χ3v) is 5.02. The maximum atomic E-state index is 12.2. The zero-order valence-corrected chi connectivity index (χ0v) is 14.7. The van der Waals surface area contributed by atoms with Crippen LogP contribution in [0, 0.1) is 6.92 Å². The molecule has 0 amide bonds. The average molecular weight is 349 g/mol. The molecule has 130 valence electrons. The summed E-state index contributed by atoms with van der Waals surface area (Å²) in [6.45, 7) is 3.86. The second-order valence-electron chi connectivity index (χ2n) is 5.63. The lowest BCUT2D eigenvalue weighted by atomic mass is 10.2. The van der Waals surface area contributed by atoms with Crippen LogP contribution in [0.25, 0.3) is 0 Å². The van der Waals surface area contributed by atoms with E-state index in [2.05, 4.69) is 4.72 Å². The largest absolute Gasteiger partial charge is 0.491 e. The lowest BCUT2D eigenvalue weighted by Gasteiger charge is -2.14. The molecule has 0 heterocycles. The smallest absolute Gasteiger partial charge is 0.240 e. The summed E-state index contributed by atoms with van der Waals surface area (Å²) < 4.78 is 32.3. The summed E-state index contributed by atoms with van der Waals surface area (Å²) in [7, 11) is -3.64. The normalized spacial score (nSPS) is 12.8. The van der Waals surface area contributed by atoms with Gasteiger partial charge >= 0.3 is 0 Å². The van der Waals surface area contributed by atoms with Gasteiger partial charge in [0.15, 0.2) is 0 Å². The Hall–Kier alpha value is -1.89. The number of ether oxygens (including phenoxy) is 1. The summed E-state index contributed by atoms with van der Waals surface area (Å²) in [4.78, 5) is 0.187. The molecule has 0 radical (unpaired) electrons. The van der Waals surface area contributed by atoms with E-state index in [1.54, 1.807) is 30.3 Å². The molecule has 0 aliphatic rings. The third-order valence-electron chi connectivity index (χ3n) is 3.58. The van der Waals surface area contributed by atoms with Crippen LogP contribution in [-0.2, 0) is 16.4 Å². The van der Waals surface area contributed by atoms with Crippen LogP contribution in [-0.4, -0.2) is 32.8 Å². The Balaban J connectivity index is 1.86. The molecule has 24 heavy (non-hydrogen) atoms. The van der Waals surface area contributed by atoms with Gasteiger partial charge in [0.05, 0.1) is 4.90 Å². The highest BCUT2D eigenvalue weighted by Gasteiger charge is 2.16. The first kappa shape index (κ1) is 18.4. The summed E-state index contributed by atoms with van der Waals surface area (Å²) >= 11 is 0. The van der Waals surface area contributed by atoms with Crippen molar-refractivity contribution in [1.82, 2.24) is 4.72 Å². The van der Waals surface area contributed by atoms with E-state index in [9.17, 15) is 13.5 Å². The van der Waals surface area contributed by atoms with Crippen LogP contribution < -0.4 is 9.46 Å². The lowest BCUT2D eigenvalue weighted by molar-refractivity contribution is 0.111. The zero-order chi connectivity index (χ0) is 17.6. The number of aliphatic hydroxyl groups is 1. The minimum atomic E-state index is -3.64. The highest BCUT2D eigenvalue weighted by atomic mass is 32.2. The van der Waals surface area contributed by atoms with Gasteiger partial charge in [-0.1, -0.05) is 31.2 Å². The van der Waals surface area contributed by atoms with Crippen LogP contribution in [0.15, 0.2) is 53.4 Å². The van der Waals surface area contributed by atoms with E-state index in [1.165, 1.54) is 0 Å². The van der Waals surface area contributed by atoms with E-state index in [0.717, 1.165) is 17.5 Å². The van der Waals surface area contributed by atoms with Crippen LogP contribution in [0.3, 0.4) is 0 Å². The highest BCUT2D eigenvalue weighted by molar-refractivity contribution is 7.89. The number of aryl methyl sites for hydroxylation is 2. The number of rotatable bonds is 8. The molecule has 2 N–H and O–H groups in total. The molecule has 2 aromatic rings. The van der Waals surface area contributed by atoms with E-state index in [1.807, 2.05) is 32.0 Å². The predicted octanol–water partition coefficient (Wildman–Crippen LogP) is 2.28. The predicted molar refractivity (Wildman–Crippen MR) is 93.7 cm³/mol. The van der Waals surface area contributed by atoms with Gasteiger partial charge in [0.25, 0.3) is 0 Å². The van der Waals surface area contributed by atoms with Crippen LogP contribution >= 0.6 is 0 Å². The van der Waals surface area contributed by atoms with Crippen molar-refractivity contribution in [1.29, 1.82) is 0 Å². The summed E-state index contributed by atoms with van der Waals surface area (Å²) in [5.41, 5.74) is 2.12. The minimum absolute atomic E-state index is 0.0146. The van der Waals surface area contributed by atoms with Crippen LogP contribution in [0.4, 0.5) is 0 Å². The van der Waals surface area contributed by atoms with Crippen molar-refractivity contribution < 1.29 is 18.3 Å². The van der Waals surface area contributed by atoms with E-state index in [-0.39, 0.29) is 18.0 Å². The molecule has 1 atom stereocenters. The topological polar surface area (TPSA) is 75.6 Å². The molecule has 6 heteroatoms. The molecule has 0 saturated carbocycles. The molecule has 0 aromatic heterocycles. The van der Waals surface area contributed by atoms with Crippen molar-refractivity contribution in [2.24, 2.45) is 0 Å². The summed E-state index contributed by atoms with van der Waals surface area (Å²) in [5, 5.41) is 9.92. The van der Waals surface area contributed by atoms with Gasteiger partial charge in [-0.2, -0.15) is 0 Å². The number of aliphatic hydroxyl groups excluding tert-OH is 1. The van der Waals surface area contributed by atoms with Crippen molar-refractivity contribution in [3.63, 3.8) is 0 Å². The molecule has 0 aliphatic carbocycles. The summed E-state index contributed by atoms with van der Waals surface area (Å²) in [6, 6.07) is 14.2. The Morgan fingerprint density at radius 1 is 1.17 bits per heavy atom. The van der Waals surface area contributed by atoms with Gasteiger partial charge in [-0.3, -0.25) is 0 Å². The fourth-order valence-corrected chi connectivity index (χ4v) is 3.22. The Morgan fingerprint density at radius 3 is 2.50 bits per heavy atom. The highest BCUT2D eigenvalue weighted by Crippen LogP contribution is 2.13. The van der Waals surface area contributed by atoms with Crippen LogP contribution in [0.5, 0.6) is 5.75 Å². The molecular weight excluding hydrogens is 326 g/mol. The Labute approximate surface area is 143 Å². The number of hydrogen-bond donors (Lipinski definition) is 2. The summed E-state index contributed by atoms with van der Waals surface area (Å²) in [6.07, 6.45) is -0.0850. The Bertz CT molecular complexity index is 757. The molecule has 0 saturated heterocycles. The number of nitrogens with one attached hydrogen (secondary N) is 1. The molecule has 1 unspecified atom stereocenters. The molecule has 2 rings (SSSR count). The second-order valence-corrected chi connectivity index (χ2v) is 7.40. The second kappa shape index (κ2) is 8.28. The molecule has 0 spiro atoms. The Morgan fingerprint density at radius 2 is 1.88 bits per heavy atom. The zero-order valence-electron chi connectivity index (χ0n) is 13.9. The van der Waals surface area contributed by atoms with Gasteiger partial charge in [0.1, 0.15) is 18.5 Å². The lowest BCUT2D eigenvalue weighted by Crippen LogP contribution is -2.35. The van der Waals surface area contributed by atoms with Crippen LogP contribution in [0.1, 0.15) is 18.1 Å². The van der Waals surface area contributed by atoms with Gasteiger partial charge in [-0.15, -0.1) is 0 Å². The van der Waals surface area contributed by atoms with Gasteiger partial charge in [0.2, 0.25) is 10.0 Å². The quantitative estimate of drug-likeness (QED) is 0.767. The standard InChI is InChI=1S/C18H23NO4S/c1-3-15-7-9-18(10-8-15)24(21,22)19-12-16(20)13-23-17-6-4-5-14(2)11-17/h4-11,16,19-20H,3,12-13H2,1-2H3. The first-order valence-electron chi connectivity index (χ1n) is 7.87. The first-order valence-corrected chi connectivity index (χ1v) is 9.35. The van der Waals surface area contributed by atoms with Crippen LogP contribution in [0.2, 0.25) is 0 Å². The maximum absolute atomic E-state index is 12.2. The minimum Gasteiger partial charge on any atom is -0.491 e. The molecular formula is C18H23NO4S. The SMILES string of the molecule is CCc1ccc(S(=O)(=O)NCC(O)COc2cccc(C)c2)cc1. The Kier molecular flexibility index (Phi) is 6.36. The van der Waals surface area contributed by atoms with Crippen molar-refractivity contribution in [3.8, 4) is 5.75 Å². The molecule has 2 aromatic carbocycles. The van der Waals surface area contributed by atoms with Gasteiger partial charge in [-0.25, -0.2) is 13.1 Å². The number of hydrogen-bond acceptors (Lipinski definition) is 4. The molecule has 0 bridgehead atoms. The van der Waals surface area contributed by atoms with E-state index in [4.69, 9.17) is 4.74 Å². The van der Waals surface area contributed by atoms with Crippen molar-refractivity contribution >= 4 is 10.0 Å². The molecule has 0 fully saturated rings. The van der Waals surface area contributed by atoms with E-state index in [0.29, 0.717) is 5.75 Å². The van der Waals surface area contributed by atoms with E-state index >= 15 is 0 Å². The number of sulfonamides is 1. The average Bonchev–Trinajstić information content (AvgIpc) is 2.58. The third kappa shape index (κ3) is 5.33. The van der Waals surface area contributed by atoms with E-state index < -0.39 is 16.1 Å². The first-order chi connectivity index (χ1) is 11.4. The molecule has 0 aliphatic heterocycles. The van der Waals surface area contributed by atoms with Gasteiger partial charge in [0, 0.05) is 6.54 Å². The van der Waals surface area contributed by atoms with Crippen molar-refractivity contribution in [2.45, 2.75) is 31.3 Å². The summed E-state index contributed by atoms with van der Waals surface area (Å²) in [5.74, 6) is 0.645. The van der Waals surface area contributed by atoms with Crippen molar-refractivity contribution in [2.75, 3.05) is 13.2 Å². The fraction of sp³-hybridized carbons (Fsp3) is 0.333. The van der Waals surface area contributed by atoms with Gasteiger partial charge in [-0.05, 0) is 48.7 Å².